The molecule has 0 aliphatic carbocycles. The third-order valence-electron chi connectivity index (χ3n) is 1.89. The summed E-state index contributed by atoms with van der Waals surface area (Å²) in [6.07, 6.45) is 1.69. The Labute approximate surface area is 119 Å². The van der Waals surface area contributed by atoms with Crippen molar-refractivity contribution in [3.05, 3.63) is 42.7 Å². The Kier molecular flexibility index (Phi) is 4.24. The molecular formula is C10H7Br2ClN2S. The van der Waals surface area contributed by atoms with Gasteiger partial charge in [-0.25, -0.2) is 4.98 Å². The van der Waals surface area contributed by atoms with Crippen LogP contribution in [0.2, 0.25) is 5.15 Å². The molecule has 0 saturated heterocycles. The number of hydrogen-bond acceptors (Lipinski definition) is 3. The van der Waals surface area contributed by atoms with Crippen LogP contribution in [-0.2, 0) is 6.54 Å². The van der Waals surface area contributed by atoms with Crippen molar-refractivity contribution < 1.29 is 0 Å². The van der Waals surface area contributed by atoms with Gasteiger partial charge in [-0.15, -0.1) is 11.3 Å². The number of nitrogens with one attached hydrogen (secondary N) is 1. The van der Waals surface area contributed by atoms with E-state index in [4.69, 9.17) is 11.6 Å². The van der Waals surface area contributed by atoms with E-state index in [0.29, 0.717) is 5.15 Å². The maximum absolute atomic E-state index is 5.79. The minimum absolute atomic E-state index is 0.499. The molecule has 1 N–H and O–H groups in total. The molecule has 0 saturated carbocycles. The van der Waals surface area contributed by atoms with Crippen LogP contribution >= 0.6 is 54.8 Å². The van der Waals surface area contributed by atoms with E-state index >= 15 is 0 Å². The highest BCUT2D eigenvalue weighted by atomic mass is 79.9. The van der Waals surface area contributed by atoms with E-state index in [1.807, 2.05) is 6.07 Å². The second-order valence-electron chi connectivity index (χ2n) is 3.06. The quantitative estimate of drug-likeness (QED) is 0.761. The molecule has 2 aromatic rings. The molecule has 0 bridgehead atoms. The van der Waals surface area contributed by atoms with Gasteiger partial charge < -0.3 is 5.32 Å². The molecule has 2 rings (SSSR count). The van der Waals surface area contributed by atoms with E-state index in [9.17, 15) is 0 Å². The largest absolute Gasteiger partial charge is 0.380 e. The summed E-state index contributed by atoms with van der Waals surface area (Å²) in [6, 6.07) is 5.79. The lowest BCUT2D eigenvalue weighted by Gasteiger charge is -2.03. The van der Waals surface area contributed by atoms with Gasteiger partial charge in [-0.3, -0.25) is 0 Å². The first-order valence-corrected chi connectivity index (χ1v) is 7.22. The zero-order valence-electron chi connectivity index (χ0n) is 8.01. The molecule has 6 heteroatoms. The standard InChI is InChI=1S/C10H7Br2ClN2S/c11-8-4-7(16-10(8)12)5-15-6-1-2-14-9(13)3-6/h1-4H,5H2,(H,14,15). The average Bonchev–Trinajstić information content (AvgIpc) is 2.56. The van der Waals surface area contributed by atoms with Gasteiger partial charge in [0.15, 0.2) is 0 Å². The van der Waals surface area contributed by atoms with Gasteiger partial charge in [0.25, 0.3) is 0 Å². The number of rotatable bonds is 3. The third-order valence-corrected chi connectivity index (χ3v) is 5.35. The Morgan fingerprint density at radius 2 is 2.19 bits per heavy atom. The van der Waals surface area contributed by atoms with E-state index < -0.39 is 0 Å². The van der Waals surface area contributed by atoms with Crippen LogP contribution in [0.25, 0.3) is 0 Å². The monoisotopic (exact) mass is 380 g/mol. The predicted molar refractivity (Wildman–Crippen MR) is 76.3 cm³/mol. The molecule has 0 aliphatic heterocycles. The first kappa shape index (κ1) is 12.4. The van der Waals surface area contributed by atoms with Crippen LogP contribution in [-0.4, -0.2) is 4.98 Å². The van der Waals surface area contributed by atoms with Crippen LogP contribution in [0.1, 0.15) is 4.88 Å². The molecule has 84 valence electrons. The predicted octanol–water partition coefficient (Wildman–Crippen LogP) is 4.93. The number of halogens is 3. The second-order valence-corrected chi connectivity index (χ2v) is 6.75. The zero-order chi connectivity index (χ0) is 11.5. The molecule has 0 amide bonds. The van der Waals surface area contributed by atoms with Crippen LogP contribution in [0.4, 0.5) is 5.69 Å². The SMILES string of the molecule is Clc1cc(NCc2cc(Br)c(Br)s2)ccn1. The van der Waals surface area contributed by atoms with Crippen molar-refractivity contribution in [2.24, 2.45) is 0 Å². The summed E-state index contributed by atoms with van der Waals surface area (Å²) < 4.78 is 2.19. The van der Waals surface area contributed by atoms with E-state index in [-0.39, 0.29) is 0 Å². The Hall–Kier alpha value is -0.100. The topological polar surface area (TPSA) is 24.9 Å². The molecule has 0 spiro atoms. The van der Waals surface area contributed by atoms with E-state index in [1.54, 1.807) is 23.6 Å². The fraction of sp³-hybridized carbons (Fsp3) is 0.100. The van der Waals surface area contributed by atoms with Crippen LogP contribution in [0.5, 0.6) is 0 Å². The first-order chi connectivity index (χ1) is 7.65. The molecule has 2 heterocycles. The summed E-state index contributed by atoms with van der Waals surface area (Å²) in [5, 5.41) is 3.79. The van der Waals surface area contributed by atoms with Gasteiger partial charge in [-0.2, -0.15) is 0 Å². The van der Waals surface area contributed by atoms with Crippen LogP contribution in [0.3, 0.4) is 0 Å². The Balaban J connectivity index is 2.02. The van der Waals surface area contributed by atoms with Crippen molar-refractivity contribution in [3.8, 4) is 0 Å². The van der Waals surface area contributed by atoms with Crippen LogP contribution in [0.15, 0.2) is 32.7 Å². The number of nitrogens with zero attached hydrogens (tertiary/aromatic N) is 1. The molecule has 0 radical (unpaired) electrons. The Morgan fingerprint density at radius 1 is 1.38 bits per heavy atom. The first-order valence-electron chi connectivity index (χ1n) is 4.44. The Morgan fingerprint density at radius 3 is 2.81 bits per heavy atom. The van der Waals surface area contributed by atoms with Gasteiger partial charge in [0, 0.05) is 27.8 Å². The molecule has 0 unspecified atom stereocenters. The average molecular weight is 383 g/mol. The zero-order valence-corrected chi connectivity index (χ0v) is 12.8. The van der Waals surface area contributed by atoms with Gasteiger partial charge in [0.1, 0.15) is 5.15 Å². The van der Waals surface area contributed by atoms with Crippen molar-refractivity contribution in [2.45, 2.75) is 6.54 Å². The second kappa shape index (κ2) is 5.49. The molecular weight excluding hydrogens is 375 g/mol. The molecule has 0 atom stereocenters. The van der Waals surface area contributed by atoms with Crippen molar-refractivity contribution in [1.82, 2.24) is 4.98 Å². The molecule has 2 nitrogen and oxygen atoms in total. The van der Waals surface area contributed by atoms with Gasteiger partial charge in [0.05, 0.1) is 3.79 Å². The van der Waals surface area contributed by atoms with Crippen molar-refractivity contribution in [1.29, 1.82) is 0 Å². The fourth-order valence-electron chi connectivity index (χ4n) is 1.18. The molecule has 0 aromatic carbocycles. The lowest BCUT2D eigenvalue weighted by atomic mass is 10.4. The van der Waals surface area contributed by atoms with Crippen molar-refractivity contribution in [2.75, 3.05) is 5.32 Å². The van der Waals surface area contributed by atoms with E-state index in [0.717, 1.165) is 20.5 Å². The minimum Gasteiger partial charge on any atom is -0.380 e. The summed E-state index contributed by atoms with van der Waals surface area (Å²) in [5.74, 6) is 0. The minimum atomic E-state index is 0.499. The summed E-state index contributed by atoms with van der Waals surface area (Å²) in [7, 11) is 0. The molecule has 2 aromatic heterocycles. The normalized spacial score (nSPS) is 10.4. The number of anilines is 1. The van der Waals surface area contributed by atoms with Gasteiger partial charge in [-0.1, -0.05) is 11.6 Å². The highest BCUT2D eigenvalue weighted by Crippen LogP contribution is 2.32. The summed E-state index contributed by atoms with van der Waals surface area (Å²) in [6.45, 7) is 0.773. The molecule has 16 heavy (non-hydrogen) atoms. The highest BCUT2D eigenvalue weighted by molar-refractivity contribution is 9.13. The van der Waals surface area contributed by atoms with Crippen LogP contribution in [0, 0.1) is 0 Å². The smallest absolute Gasteiger partial charge is 0.131 e. The number of thiophene rings is 1. The van der Waals surface area contributed by atoms with Crippen molar-refractivity contribution in [3.63, 3.8) is 0 Å². The van der Waals surface area contributed by atoms with E-state index in [1.165, 1.54) is 4.88 Å². The fourth-order valence-corrected chi connectivity index (χ4v) is 3.47. The lowest BCUT2D eigenvalue weighted by Crippen LogP contribution is -1.97. The van der Waals surface area contributed by atoms with Gasteiger partial charge >= 0.3 is 0 Å². The summed E-state index contributed by atoms with van der Waals surface area (Å²) >= 11 is 14.4. The number of pyridine rings is 1. The third kappa shape index (κ3) is 3.20. The molecule has 0 aliphatic rings. The number of aromatic nitrogens is 1. The van der Waals surface area contributed by atoms with Gasteiger partial charge in [-0.05, 0) is 50.1 Å². The lowest BCUT2D eigenvalue weighted by molar-refractivity contribution is 1.18. The van der Waals surface area contributed by atoms with Crippen molar-refractivity contribution >= 4 is 60.5 Å². The Bertz CT molecular complexity index is 482. The van der Waals surface area contributed by atoms with E-state index in [2.05, 4.69) is 48.2 Å². The van der Waals surface area contributed by atoms with Gasteiger partial charge in [0.2, 0.25) is 0 Å². The number of hydrogen-bond donors (Lipinski definition) is 1. The summed E-state index contributed by atoms with van der Waals surface area (Å²) in [4.78, 5) is 5.17. The maximum atomic E-state index is 5.79. The molecule has 0 fully saturated rings. The van der Waals surface area contributed by atoms with Crippen LogP contribution < -0.4 is 5.32 Å². The summed E-state index contributed by atoms with van der Waals surface area (Å²) in [5.41, 5.74) is 0.973. The maximum Gasteiger partial charge on any atom is 0.131 e. The highest BCUT2D eigenvalue weighted by Gasteiger charge is 2.03.